The Morgan fingerprint density at radius 2 is 2.30 bits per heavy atom. The lowest BCUT2D eigenvalue weighted by Crippen LogP contribution is -2.37. The van der Waals surface area contributed by atoms with E-state index in [4.69, 9.17) is 4.74 Å². The number of nitrogens with zero attached hydrogens (tertiary/aromatic N) is 1. The molecule has 1 aliphatic rings. The van der Waals surface area contributed by atoms with Crippen LogP contribution >= 0.6 is 11.3 Å². The molecule has 0 amide bonds. The number of ether oxygens (including phenoxy) is 1. The van der Waals surface area contributed by atoms with Crippen molar-refractivity contribution in [3.8, 4) is 0 Å². The van der Waals surface area contributed by atoms with Crippen molar-refractivity contribution in [2.24, 2.45) is 5.92 Å². The van der Waals surface area contributed by atoms with Gasteiger partial charge in [0.25, 0.3) is 0 Å². The Hall–Kier alpha value is -0.500. The van der Waals surface area contributed by atoms with Crippen LogP contribution in [0.4, 0.5) is 0 Å². The second-order valence-corrected chi connectivity index (χ2v) is 8.77. The van der Waals surface area contributed by atoms with Crippen LogP contribution in [0.25, 0.3) is 0 Å². The van der Waals surface area contributed by atoms with E-state index in [0.717, 1.165) is 16.3 Å². The summed E-state index contributed by atoms with van der Waals surface area (Å²) in [4.78, 5) is 5.28. The van der Waals surface area contributed by atoms with Crippen LogP contribution < -0.4 is 4.72 Å². The molecule has 2 atom stereocenters. The molecule has 1 aromatic rings. The van der Waals surface area contributed by atoms with Crippen molar-refractivity contribution >= 4 is 21.4 Å². The Morgan fingerprint density at radius 1 is 1.55 bits per heavy atom. The van der Waals surface area contributed by atoms with Crippen molar-refractivity contribution in [1.82, 2.24) is 9.71 Å². The molecule has 1 fully saturated rings. The quantitative estimate of drug-likeness (QED) is 0.870. The van der Waals surface area contributed by atoms with Gasteiger partial charge in [0.05, 0.1) is 11.1 Å². The van der Waals surface area contributed by atoms with E-state index in [1.54, 1.807) is 17.5 Å². The lowest BCUT2D eigenvalue weighted by Gasteiger charge is -2.15. The van der Waals surface area contributed by atoms with Gasteiger partial charge < -0.3 is 4.74 Å². The van der Waals surface area contributed by atoms with Crippen molar-refractivity contribution in [2.45, 2.75) is 51.5 Å². The van der Waals surface area contributed by atoms with Crippen LogP contribution in [-0.4, -0.2) is 31.4 Å². The number of hydrogen-bond donors (Lipinski definition) is 1. The molecule has 1 aliphatic heterocycles. The second kappa shape index (κ2) is 6.51. The molecular weight excluding hydrogens is 296 g/mol. The highest BCUT2D eigenvalue weighted by molar-refractivity contribution is 7.90. The van der Waals surface area contributed by atoms with Gasteiger partial charge in [-0.1, -0.05) is 13.8 Å². The minimum absolute atomic E-state index is 0.231. The first kappa shape index (κ1) is 15.9. The maximum Gasteiger partial charge on any atom is 0.217 e. The SMILES string of the molecule is CC(C)Cc1ncc(CNS(=O)(=O)[C@@H]2CCO[C@H]2C)s1. The third-order valence-electron chi connectivity index (χ3n) is 3.34. The first-order valence-corrected chi connectivity index (χ1v) is 9.28. The molecule has 7 heteroatoms. The summed E-state index contributed by atoms with van der Waals surface area (Å²) in [6.45, 7) is 6.94. The minimum atomic E-state index is -3.32. The molecule has 0 saturated carbocycles. The standard InChI is InChI=1S/C13H22N2O3S2/c1-9(2)6-13-14-7-11(19-13)8-15-20(16,17)12-4-5-18-10(12)3/h7,9-10,12,15H,4-6,8H2,1-3H3/t10-,12+/m0/s1. The fraction of sp³-hybridized carbons (Fsp3) is 0.769. The van der Waals surface area contributed by atoms with Crippen LogP contribution in [-0.2, 0) is 27.7 Å². The summed E-state index contributed by atoms with van der Waals surface area (Å²) in [6, 6.07) is 0. The highest BCUT2D eigenvalue weighted by Crippen LogP contribution is 2.21. The average molecular weight is 318 g/mol. The summed E-state index contributed by atoms with van der Waals surface area (Å²) in [6.07, 6.45) is 3.04. The van der Waals surface area contributed by atoms with Crippen molar-refractivity contribution < 1.29 is 13.2 Å². The molecule has 0 bridgehead atoms. The van der Waals surface area contributed by atoms with Gasteiger partial charge in [0.1, 0.15) is 5.25 Å². The number of nitrogens with one attached hydrogen (secondary N) is 1. The molecule has 114 valence electrons. The Balaban J connectivity index is 1.92. The smallest absolute Gasteiger partial charge is 0.217 e. The molecule has 2 heterocycles. The normalized spacial score (nSPS) is 23.6. The third-order valence-corrected chi connectivity index (χ3v) is 6.32. The predicted octanol–water partition coefficient (Wildman–Crippen LogP) is 1.94. The molecule has 20 heavy (non-hydrogen) atoms. The predicted molar refractivity (Wildman–Crippen MR) is 80.2 cm³/mol. The molecule has 0 unspecified atom stereocenters. The lowest BCUT2D eigenvalue weighted by molar-refractivity contribution is 0.126. The van der Waals surface area contributed by atoms with Gasteiger partial charge in [-0.2, -0.15) is 0 Å². The van der Waals surface area contributed by atoms with Gasteiger partial charge in [-0.05, 0) is 19.3 Å². The Bertz CT molecular complexity index is 540. The molecule has 1 N–H and O–H groups in total. The number of aromatic nitrogens is 1. The number of hydrogen-bond acceptors (Lipinski definition) is 5. The minimum Gasteiger partial charge on any atom is -0.377 e. The molecule has 0 aromatic carbocycles. The summed E-state index contributed by atoms with van der Waals surface area (Å²) in [5.74, 6) is 0.558. The van der Waals surface area contributed by atoms with Gasteiger partial charge in [-0.15, -0.1) is 11.3 Å². The summed E-state index contributed by atoms with van der Waals surface area (Å²) in [5, 5.41) is 0.623. The molecular formula is C13H22N2O3S2. The van der Waals surface area contributed by atoms with Gasteiger partial charge in [0.2, 0.25) is 10.0 Å². The first-order valence-electron chi connectivity index (χ1n) is 6.92. The zero-order valence-electron chi connectivity index (χ0n) is 12.1. The van der Waals surface area contributed by atoms with Crippen molar-refractivity contribution in [3.63, 3.8) is 0 Å². The van der Waals surface area contributed by atoms with Crippen molar-refractivity contribution in [3.05, 3.63) is 16.1 Å². The van der Waals surface area contributed by atoms with E-state index in [2.05, 4.69) is 23.6 Å². The Morgan fingerprint density at radius 3 is 2.90 bits per heavy atom. The fourth-order valence-corrected chi connectivity index (χ4v) is 5.00. The number of sulfonamides is 1. The Kier molecular flexibility index (Phi) is 5.17. The molecule has 0 radical (unpaired) electrons. The van der Waals surface area contributed by atoms with E-state index < -0.39 is 15.3 Å². The molecule has 0 aliphatic carbocycles. The lowest BCUT2D eigenvalue weighted by atomic mass is 10.1. The van der Waals surface area contributed by atoms with E-state index in [1.807, 2.05) is 6.92 Å². The van der Waals surface area contributed by atoms with Crippen LogP contribution in [0.15, 0.2) is 6.20 Å². The van der Waals surface area contributed by atoms with E-state index in [9.17, 15) is 8.42 Å². The molecule has 1 saturated heterocycles. The monoisotopic (exact) mass is 318 g/mol. The highest BCUT2D eigenvalue weighted by Gasteiger charge is 2.35. The molecule has 1 aromatic heterocycles. The largest absolute Gasteiger partial charge is 0.377 e. The van der Waals surface area contributed by atoms with Crippen LogP contribution in [0, 0.1) is 5.92 Å². The van der Waals surface area contributed by atoms with Gasteiger partial charge in [0, 0.05) is 30.6 Å². The van der Waals surface area contributed by atoms with E-state index >= 15 is 0 Å². The highest BCUT2D eigenvalue weighted by atomic mass is 32.2. The zero-order valence-corrected chi connectivity index (χ0v) is 13.8. The summed E-state index contributed by atoms with van der Waals surface area (Å²) in [5.41, 5.74) is 0. The van der Waals surface area contributed by atoms with Crippen molar-refractivity contribution in [1.29, 1.82) is 0 Å². The molecule has 5 nitrogen and oxygen atoms in total. The van der Waals surface area contributed by atoms with E-state index in [-0.39, 0.29) is 6.10 Å². The summed E-state index contributed by atoms with van der Waals surface area (Å²) >= 11 is 1.58. The average Bonchev–Trinajstić information content (AvgIpc) is 2.95. The van der Waals surface area contributed by atoms with Crippen LogP contribution in [0.5, 0.6) is 0 Å². The van der Waals surface area contributed by atoms with Crippen molar-refractivity contribution in [2.75, 3.05) is 6.61 Å². The van der Waals surface area contributed by atoms with Gasteiger partial charge >= 0.3 is 0 Å². The Labute approximate surface area is 124 Å². The van der Waals surface area contributed by atoms with E-state index in [0.29, 0.717) is 25.5 Å². The van der Waals surface area contributed by atoms with Crippen LogP contribution in [0.1, 0.15) is 37.1 Å². The fourth-order valence-electron chi connectivity index (χ4n) is 2.27. The van der Waals surface area contributed by atoms with Crippen LogP contribution in [0.2, 0.25) is 0 Å². The summed E-state index contributed by atoms with van der Waals surface area (Å²) in [7, 11) is -3.32. The van der Waals surface area contributed by atoms with Gasteiger partial charge in [-0.3, -0.25) is 0 Å². The van der Waals surface area contributed by atoms with Gasteiger partial charge in [-0.25, -0.2) is 18.1 Å². The second-order valence-electron chi connectivity index (χ2n) is 5.59. The van der Waals surface area contributed by atoms with Crippen LogP contribution in [0.3, 0.4) is 0 Å². The maximum absolute atomic E-state index is 12.2. The zero-order chi connectivity index (χ0) is 14.8. The van der Waals surface area contributed by atoms with E-state index in [1.165, 1.54) is 0 Å². The van der Waals surface area contributed by atoms with Gasteiger partial charge in [0.15, 0.2) is 0 Å². The number of rotatable bonds is 6. The number of thiazole rings is 1. The summed E-state index contributed by atoms with van der Waals surface area (Å²) < 4.78 is 32.4. The molecule has 2 rings (SSSR count). The maximum atomic E-state index is 12.2. The molecule has 0 spiro atoms. The first-order chi connectivity index (χ1) is 9.38. The third kappa shape index (κ3) is 4.00. The topological polar surface area (TPSA) is 68.3 Å².